The fraction of sp³-hybridized carbons (Fsp3) is 0.333. The minimum atomic E-state index is -0.455. The number of aliphatic hydroxyl groups is 1. The van der Waals surface area contributed by atoms with E-state index in [9.17, 15) is 9.90 Å². The van der Waals surface area contributed by atoms with Crippen molar-refractivity contribution < 1.29 is 19.4 Å². The summed E-state index contributed by atoms with van der Waals surface area (Å²) in [6, 6.07) is 8.93. The summed E-state index contributed by atoms with van der Waals surface area (Å²) in [6.45, 7) is 2.24. The van der Waals surface area contributed by atoms with Crippen molar-refractivity contribution in [3.05, 3.63) is 47.7 Å². The zero-order valence-electron chi connectivity index (χ0n) is 13.7. The number of hydrogen-bond acceptors (Lipinski definition) is 6. The van der Waals surface area contributed by atoms with Crippen molar-refractivity contribution in [2.24, 2.45) is 0 Å². The lowest BCUT2D eigenvalue weighted by Crippen LogP contribution is -2.43. The van der Waals surface area contributed by atoms with Crippen molar-refractivity contribution in [3.8, 4) is 5.75 Å². The topological polar surface area (TPSA) is 71.9 Å². The summed E-state index contributed by atoms with van der Waals surface area (Å²) in [6.07, 6.45) is 2.73. The minimum absolute atomic E-state index is 0.0842. The molecule has 0 fully saturated rings. The molecule has 6 heteroatoms. The number of para-hydroxylation sites is 1. The molecule has 0 unspecified atom stereocenters. The molecular weight excluding hydrogens is 308 g/mol. The number of anilines is 2. The second-order valence-electron chi connectivity index (χ2n) is 5.54. The maximum atomic E-state index is 12.0. The molecule has 3 rings (SSSR count). The summed E-state index contributed by atoms with van der Waals surface area (Å²) >= 11 is 0. The van der Waals surface area contributed by atoms with E-state index in [2.05, 4.69) is 11.9 Å². The Hall–Kier alpha value is -2.60. The van der Waals surface area contributed by atoms with Gasteiger partial charge < -0.3 is 19.5 Å². The Balaban J connectivity index is 2.09. The fourth-order valence-corrected chi connectivity index (χ4v) is 2.80. The molecule has 1 aliphatic heterocycles. The molecule has 1 aromatic heterocycles. The molecule has 24 heavy (non-hydrogen) atoms. The summed E-state index contributed by atoms with van der Waals surface area (Å²) < 4.78 is 10.6. The van der Waals surface area contributed by atoms with Gasteiger partial charge in [-0.15, -0.1) is 0 Å². The predicted octanol–water partition coefficient (Wildman–Crippen LogP) is 2.32. The van der Waals surface area contributed by atoms with Crippen LogP contribution in [0.2, 0.25) is 0 Å². The van der Waals surface area contributed by atoms with Crippen LogP contribution in [-0.2, 0) is 11.2 Å². The number of ether oxygens (including phenoxy) is 2. The molecule has 0 radical (unpaired) electrons. The van der Waals surface area contributed by atoms with Crippen LogP contribution >= 0.6 is 0 Å². The van der Waals surface area contributed by atoms with Gasteiger partial charge in [0, 0.05) is 6.20 Å². The Morgan fingerprint density at radius 2 is 2.25 bits per heavy atom. The van der Waals surface area contributed by atoms with Crippen LogP contribution < -0.4 is 9.64 Å². The van der Waals surface area contributed by atoms with Crippen LogP contribution in [0.25, 0.3) is 0 Å². The summed E-state index contributed by atoms with van der Waals surface area (Å²) in [5, 5.41) is 9.73. The van der Waals surface area contributed by atoms with E-state index < -0.39 is 5.97 Å². The minimum Gasteiger partial charge on any atom is -0.488 e. The van der Waals surface area contributed by atoms with Gasteiger partial charge in [-0.05, 0) is 30.2 Å². The van der Waals surface area contributed by atoms with Gasteiger partial charge in [-0.25, -0.2) is 9.78 Å². The Labute approximate surface area is 140 Å². The number of fused-ring (bicyclic) bond motifs is 1. The molecule has 1 aliphatic rings. The number of benzene rings is 1. The number of rotatable bonds is 4. The fourth-order valence-electron chi connectivity index (χ4n) is 2.80. The first kappa shape index (κ1) is 16.3. The molecule has 2 heterocycles. The van der Waals surface area contributed by atoms with Crippen LogP contribution in [0.3, 0.4) is 0 Å². The SMILES string of the molecule is CCc1ccc(N2c3cccc(C(=O)OC)c3OC[C@@H]2CO)nc1. The van der Waals surface area contributed by atoms with Crippen LogP contribution in [0.4, 0.5) is 11.5 Å². The lowest BCUT2D eigenvalue weighted by atomic mass is 10.1. The number of aryl methyl sites for hydroxylation is 1. The maximum Gasteiger partial charge on any atom is 0.341 e. The van der Waals surface area contributed by atoms with Crippen LogP contribution in [0.1, 0.15) is 22.8 Å². The third kappa shape index (κ3) is 2.80. The van der Waals surface area contributed by atoms with Crippen LogP contribution in [0, 0.1) is 0 Å². The number of pyridine rings is 1. The third-order valence-corrected chi connectivity index (χ3v) is 4.12. The molecule has 2 aromatic rings. The number of carbonyl (C=O) groups is 1. The quantitative estimate of drug-likeness (QED) is 0.869. The molecule has 0 saturated carbocycles. The van der Waals surface area contributed by atoms with Crippen LogP contribution in [-0.4, -0.2) is 42.4 Å². The maximum absolute atomic E-state index is 12.0. The van der Waals surface area contributed by atoms with Crippen molar-refractivity contribution in [1.82, 2.24) is 4.98 Å². The normalized spacial score (nSPS) is 16.3. The van der Waals surface area contributed by atoms with Gasteiger partial charge >= 0.3 is 5.97 Å². The number of aliphatic hydroxyl groups excluding tert-OH is 1. The molecule has 6 nitrogen and oxygen atoms in total. The first-order valence-corrected chi connectivity index (χ1v) is 7.88. The standard InChI is InChI=1S/C18H20N2O4/c1-3-12-7-8-16(19-9-12)20-13(10-21)11-24-17-14(18(22)23-2)5-4-6-15(17)20/h4-9,13,21H,3,10-11H2,1-2H3/t13-/m0/s1. The number of hydrogen-bond donors (Lipinski definition) is 1. The highest BCUT2D eigenvalue weighted by atomic mass is 16.5. The number of aromatic nitrogens is 1. The van der Waals surface area contributed by atoms with Crippen molar-refractivity contribution in [2.45, 2.75) is 19.4 Å². The number of methoxy groups -OCH3 is 1. The highest BCUT2D eigenvalue weighted by molar-refractivity contribution is 5.95. The molecule has 0 amide bonds. The van der Waals surface area contributed by atoms with E-state index in [1.165, 1.54) is 7.11 Å². The molecule has 1 aromatic carbocycles. The van der Waals surface area contributed by atoms with Gasteiger partial charge in [-0.1, -0.05) is 19.1 Å². The zero-order valence-corrected chi connectivity index (χ0v) is 13.7. The Morgan fingerprint density at radius 1 is 1.42 bits per heavy atom. The predicted molar refractivity (Wildman–Crippen MR) is 89.9 cm³/mol. The molecule has 0 saturated heterocycles. The highest BCUT2D eigenvalue weighted by Crippen LogP contribution is 2.40. The Bertz CT molecular complexity index is 730. The Kier molecular flexibility index (Phi) is 4.66. The monoisotopic (exact) mass is 328 g/mol. The van der Waals surface area contributed by atoms with Gasteiger partial charge in [0.15, 0.2) is 5.75 Å². The van der Waals surface area contributed by atoms with Gasteiger partial charge in [0.05, 0.1) is 25.4 Å². The van der Waals surface area contributed by atoms with Crippen molar-refractivity contribution >= 4 is 17.5 Å². The van der Waals surface area contributed by atoms with E-state index in [0.29, 0.717) is 22.8 Å². The van der Waals surface area contributed by atoms with E-state index >= 15 is 0 Å². The van der Waals surface area contributed by atoms with Crippen molar-refractivity contribution in [3.63, 3.8) is 0 Å². The van der Waals surface area contributed by atoms with Gasteiger partial charge in [0.1, 0.15) is 18.0 Å². The smallest absolute Gasteiger partial charge is 0.341 e. The average molecular weight is 328 g/mol. The molecule has 0 bridgehead atoms. The van der Waals surface area contributed by atoms with E-state index in [1.807, 2.05) is 29.3 Å². The van der Waals surface area contributed by atoms with Gasteiger partial charge in [-0.2, -0.15) is 0 Å². The van der Waals surface area contributed by atoms with Gasteiger partial charge in [0.2, 0.25) is 0 Å². The number of esters is 1. The molecule has 1 N–H and O–H groups in total. The highest BCUT2D eigenvalue weighted by Gasteiger charge is 2.32. The molecule has 126 valence electrons. The molecule has 1 atom stereocenters. The van der Waals surface area contributed by atoms with Gasteiger partial charge in [-0.3, -0.25) is 0 Å². The van der Waals surface area contributed by atoms with E-state index in [4.69, 9.17) is 9.47 Å². The number of carbonyl (C=O) groups excluding carboxylic acids is 1. The second kappa shape index (κ2) is 6.88. The largest absolute Gasteiger partial charge is 0.488 e. The van der Waals surface area contributed by atoms with Crippen molar-refractivity contribution in [2.75, 3.05) is 25.2 Å². The van der Waals surface area contributed by atoms with Crippen molar-refractivity contribution in [1.29, 1.82) is 0 Å². The molecule has 0 aliphatic carbocycles. The third-order valence-electron chi connectivity index (χ3n) is 4.12. The first-order valence-electron chi connectivity index (χ1n) is 7.88. The van der Waals surface area contributed by atoms with Gasteiger partial charge in [0.25, 0.3) is 0 Å². The zero-order chi connectivity index (χ0) is 17.1. The average Bonchev–Trinajstić information content (AvgIpc) is 2.66. The molecule has 0 spiro atoms. The van der Waals surface area contributed by atoms with Crippen LogP contribution in [0.5, 0.6) is 5.75 Å². The summed E-state index contributed by atoms with van der Waals surface area (Å²) in [7, 11) is 1.34. The first-order chi connectivity index (χ1) is 11.7. The second-order valence-corrected chi connectivity index (χ2v) is 5.54. The molecular formula is C18H20N2O4. The van der Waals surface area contributed by atoms with E-state index in [1.54, 1.807) is 12.1 Å². The summed E-state index contributed by atoms with van der Waals surface area (Å²) in [5.74, 6) is 0.705. The summed E-state index contributed by atoms with van der Waals surface area (Å²) in [5.41, 5.74) is 2.19. The summed E-state index contributed by atoms with van der Waals surface area (Å²) in [4.78, 5) is 18.4. The van der Waals surface area contributed by atoms with Crippen LogP contribution in [0.15, 0.2) is 36.5 Å². The number of nitrogens with zero attached hydrogens (tertiary/aromatic N) is 2. The lowest BCUT2D eigenvalue weighted by molar-refractivity contribution is 0.0594. The Morgan fingerprint density at radius 3 is 2.88 bits per heavy atom. The lowest BCUT2D eigenvalue weighted by Gasteiger charge is -2.37. The van der Waals surface area contributed by atoms with E-state index in [0.717, 1.165) is 12.0 Å². The van der Waals surface area contributed by atoms with E-state index in [-0.39, 0.29) is 19.3 Å².